The zero-order chi connectivity index (χ0) is 102. The van der Waals surface area contributed by atoms with Crippen molar-refractivity contribution >= 4 is 47.0 Å². The van der Waals surface area contributed by atoms with E-state index in [-0.39, 0.29) is 90.5 Å². The molecule has 0 radical (unpaired) electrons. The fraction of sp³-hybridized carbons (Fsp3) is 0.761. The first kappa shape index (κ1) is 130. The Hall–Kier alpha value is -6.46. The van der Waals surface area contributed by atoms with E-state index >= 15 is 0 Å². The molecule has 0 fully saturated rings. The first-order valence-electron chi connectivity index (χ1n) is 50.8. The number of benzene rings is 3. The number of carbonyl (C=O) groups is 8. The van der Waals surface area contributed by atoms with E-state index in [4.69, 9.17) is 28.4 Å². The average molecular weight is 1890 g/mol. The highest BCUT2D eigenvalue weighted by Crippen LogP contribution is 2.18. The van der Waals surface area contributed by atoms with E-state index in [0.29, 0.717) is 174 Å². The normalized spacial score (nSPS) is 11.9. The molecular weight excluding hydrogens is 1690 g/mol. The lowest BCUT2D eigenvalue weighted by atomic mass is 10.0. The number of ketones is 3. The van der Waals surface area contributed by atoms with Gasteiger partial charge in [-0.15, -0.1) is 0 Å². The molecule has 0 unspecified atom stereocenters. The molecule has 3 amide bonds. The summed E-state index contributed by atoms with van der Waals surface area (Å²) in [4.78, 5) is 122. The first-order valence-corrected chi connectivity index (χ1v) is 50.8. The third kappa shape index (κ3) is 67.7. The van der Waals surface area contributed by atoms with Crippen molar-refractivity contribution in [1.29, 1.82) is 0 Å². The molecule has 0 spiro atoms. The maximum absolute atomic E-state index is 13.4. The molecule has 25 nitrogen and oxygen atoms in total. The number of carbonyl (C=O) groups excluding carboxylic acids is 8. The minimum Gasteiger partial charge on any atom is -0.464 e. The summed E-state index contributed by atoms with van der Waals surface area (Å²) in [7, 11) is 12.2. The molecule has 774 valence electrons. The Labute approximate surface area is 818 Å². The van der Waals surface area contributed by atoms with Gasteiger partial charge >= 0.3 is 11.9 Å². The molecule has 0 aliphatic heterocycles. The summed E-state index contributed by atoms with van der Waals surface area (Å²) in [6, 6.07) is 25.6. The SMILES string of the molecule is CC(C)C(=O)CN(CC(=O)C(C)C)CC(=O)C(C)C.CC(C)CC(=O)OCCN(CCOC(=O)CC(C)C)CCOC(C)C.CC(C)Cc1cccc(C(=O)N(C)CCN(CCN(C)C(=O)c2cccc(CC(C)C)c2)CCN(C)C(=O)c2cccc(CC(C)C)c2)c1.CC(C)N(C)CCN(CCN(C)C(C)C)CCN(C)C(C)C.CC(C)OCCN(CCOC(C)C)CCOC(C)C. The van der Waals surface area contributed by atoms with Crippen LogP contribution in [0, 0.1) is 47.3 Å². The Morgan fingerprint density at radius 2 is 0.470 bits per heavy atom. The topological polar surface area (TPSA) is 228 Å². The average Bonchev–Trinajstić information content (AvgIpc) is 0.863. The van der Waals surface area contributed by atoms with Crippen LogP contribution in [0.15, 0.2) is 72.8 Å². The molecule has 0 N–H and O–H groups in total. The third-order valence-electron chi connectivity index (χ3n) is 22.7. The van der Waals surface area contributed by atoms with Crippen LogP contribution in [-0.4, -0.2) is 363 Å². The van der Waals surface area contributed by atoms with Crippen molar-refractivity contribution in [3.05, 3.63) is 106 Å². The Morgan fingerprint density at radius 1 is 0.254 bits per heavy atom. The van der Waals surface area contributed by atoms with E-state index in [9.17, 15) is 38.4 Å². The van der Waals surface area contributed by atoms with Crippen LogP contribution in [0.3, 0.4) is 0 Å². The van der Waals surface area contributed by atoms with Crippen LogP contribution in [0.25, 0.3) is 0 Å². The van der Waals surface area contributed by atoms with Gasteiger partial charge in [-0.25, -0.2) is 0 Å². The van der Waals surface area contributed by atoms with E-state index in [0.717, 1.165) is 98.0 Å². The van der Waals surface area contributed by atoms with E-state index in [1.807, 2.05) is 159 Å². The van der Waals surface area contributed by atoms with Crippen molar-refractivity contribution in [2.24, 2.45) is 47.3 Å². The number of hydrogen-bond donors (Lipinski definition) is 0. The summed E-state index contributed by atoms with van der Waals surface area (Å²) in [5, 5.41) is 0. The van der Waals surface area contributed by atoms with Crippen molar-refractivity contribution in [2.75, 3.05) is 219 Å². The maximum atomic E-state index is 13.4. The molecule has 134 heavy (non-hydrogen) atoms. The molecule has 0 aliphatic carbocycles. The number of ether oxygens (including phenoxy) is 6. The van der Waals surface area contributed by atoms with Crippen LogP contribution in [0.4, 0.5) is 0 Å². The number of likely N-dealkylation sites (N-methyl/N-ethyl adjacent to an activating group) is 6. The zero-order valence-corrected chi connectivity index (χ0v) is 91.9. The predicted molar refractivity (Wildman–Crippen MR) is 556 cm³/mol. The van der Waals surface area contributed by atoms with Crippen LogP contribution < -0.4 is 0 Å². The highest BCUT2D eigenvalue weighted by Gasteiger charge is 2.25. The molecule has 3 aromatic carbocycles. The second-order valence-corrected chi connectivity index (χ2v) is 41.5. The first-order chi connectivity index (χ1) is 62.6. The molecule has 0 saturated heterocycles. The fourth-order valence-corrected chi connectivity index (χ4v) is 13.2. The molecule has 3 aromatic rings. The number of hydrogen-bond acceptors (Lipinski definition) is 22. The van der Waals surface area contributed by atoms with Gasteiger partial charge in [-0.05, 0) is 220 Å². The second kappa shape index (κ2) is 74.6. The Kier molecular flexibility index (Phi) is 72.1. The van der Waals surface area contributed by atoms with Crippen molar-refractivity contribution < 1.29 is 66.8 Å². The van der Waals surface area contributed by atoms with Crippen molar-refractivity contribution in [2.45, 2.75) is 282 Å². The van der Waals surface area contributed by atoms with Crippen molar-refractivity contribution in [3.8, 4) is 0 Å². The smallest absolute Gasteiger partial charge is 0.306 e. The van der Waals surface area contributed by atoms with Gasteiger partial charge in [0.15, 0.2) is 0 Å². The maximum Gasteiger partial charge on any atom is 0.306 e. The number of amides is 3. The molecular formula is C109H199N11O14. The van der Waals surface area contributed by atoms with Crippen molar-refractivity contribution in [1.82, 2.24) is 53.9 Å². The lowest BCUT2D eigenvalue weighted by Crippen LogP contribution is -2.44. The van der Waals surface area contributed by atoms with Gasteiger partial charge < -0.3 is 57.8 Å². The van der Waals surface area contributed by atoms with Crippen LogP contribution >= 0.6 is 0 Å². The van der Waals surface area contributed by atoms with Crippen LogP contribution in [0.2, 0.25) is 0 Å². The summed E-state index contributed by atoms with van der Waals surface area (Å²) in [6.45, 7) is 81.1. The minimum absolute atomic E-state index is 0.00675. The van der Waals surface area contributed by atoms with Gasteiger partial charge in [0.2, 0.25) is 0 Å². The van der Waals surface area contributed by atoms with Gasteiger partial charge in [0.25, 0.3) is 17.7 Å². The summed E-state index contributed by atoms with van der Waals surface area (Å²) in [5.41, 5.74) is 5.59. The van der Waals surface area contributed by atoms with E-state index in [1.54, 1.807) is 19.6 Å². The fourth-order valence-electron chi connectivity index (χ4n) is 13.2. The molecule has 0 saturated carbocycles. The Bertz CT molecular complexity index is 3270. The van der Waals surface area contributed by atoms with Gasteiger partial charge in [-0.1, -0.05) is 147 Å². The lowest BCUT2D eigenvalue weighted by Gasteiger charge is -2.31. The molecule has 0 atom stereocenters. The number of esters is 2. The summed E-state index contributed by atoms with van der Waals surface area (Å²) in [6.07, 6.45) is 4.72. The lowest BCUT2D eigenvalue weighted by molar-refractivity contribution is -0.145. The van der Waals surface area contributed by atoms with Crippen LogP contribution in [0.5, 0.6) is 0 Å². The molecule has 25 heteroatoms. The highest BCUT2D eigenvalue weighted by atomic mass is 16.5. The van der Waals surface area contributed by atoms with Gasteiger partial charge in [0.05, 0.1) is 70.5 Å². The molecule has 3 rings (SSSR count). The number of rotatable bonds is 65. The summed E-state index contributed by atoms with van der Waals surface area (Å²) >= 11 is 0. The summed E-state index contributed by atoms with van der Waals surface area (Å²) in [5.74, 6) is 1.73. The highest BCUT2D eigenvalue weighted by molar-refractivity contribution is 5.95. The standard InChI is InChI=1S/C42H60N4O3.C19H37NO5.C18H42N4.C15H33NO3.C15H27NO3/c1-31(2)25-34-13-10-16-37(28-34)40(47)43(7)19-22-46(23-20-44(8)41(48)38-17-11-14-35(29-38)26-32(3)4)24-21-45(9)42(49)39-18-12-15-36(30-39)27-33(5)6;1-15(2)13-18(21)24-11-8-20(7-10-23-17(5)6)9-12-25-19(22)14-16(3)4;1-16(2)19(7)10-13-22(14-11-20(8)17(3)4)15-12-21(9)18(5)6;1-13(2)17-10-7-16(8-11-18-14(3)4)9-12-19-15(5)6;1-10(2)13(17)7-16(8-14(18)11(3)4)9-15(19)12(5)6/h10-18,28-33H,19-27H2,1-9H3;15-17H,7-14H2,1-6H3;16-18H,10-15H2,1-9H3;13-15H,7-12H2,1-6H3;10-12H,7-9H2,1-6H3. The molecule has 0 aromatic heterocycles. The molecule has 0 bridgehead atoms. The number of Topliss-reactive ketones (excluding diaryl/α,β-unsaturated/α-hetero) is 3. The van der Waals surface area contributed by atoms with E-state index in [2.05, 4.69) is 198 Å². The Balaban J connectivity index is 0. The Morgan fingerprint density at radius 3 is 0.672 bits per heavy atom. The van der Waals surface area contributed by atoms with Gasteiger partial charge in [-0.2, -0.15) is 0 Å². The molecule has 0 heterocycles. The zero-order valence-electron chi connectivity index (χ0n) is 91.9. The largest absolute Gasteiger partial charge is 0.464 e. The van der Waals surface area contributed by atoms with Gasteiger partial charge in [-0.3, -0.25) is 62.9 Å². The van der Waals surface area contributed by atoms with Crippen LogP contribution in [-0.2, 0) is 71.7 Å². The molecule has 0 aliphatic rings. The monoisotopic (exact) mass is 1890 g/mol. The van der Waals surface area contributed by atoms with Gasteiger partial charge in [0, 0.05) is 204 Å². The quantitative estimate of drug-likeness (QED) is 0.0478. The predicted octanol–water partition coefficient (Wildman–Crippen LogP) is 16.9. The van der Waals surface area contributed by atoms with E-state index in [1.165, 1.54) is 16.7 Å². The van der Waals surface area contributed by atoms with Gasteiger partial charge in [0.1, 0.15) is 30.6 Å². The summed E-state index contributed by atoms with van der Waals surface area (Å²) < 4.78 is 32.9. The van der Waals surface area contributed by atoms with Crippen molar-refractivity contribution in [3.63, 3.8) is 0 Å². The number of nitrogens with zero attached hydrogens (tertiary/aromatic N) is 11. The minimum atomic E-state index is -0.170. The second-order valence-electron chi connectivity index (χ2n) is 41.5. The van der Waals surface area contributed by atoms with E-state index < -0.39 is 0 Å². The third-order valence-corrected chi connectivity index (χ3v) is 22.7. The van der Waals surface area contributed by atoms with Crippen LogP contribution in [0.1, 0.15) is 268 Å².